The fourth-order valence-corrected chi connectivity index (χ4v) is 5.58. The lowest BCUT2D eigenvalue weighted by Crippen LogP contribution is -2.35. The molecule has 1 aliphatic heterocycles. The van der Waals surface area contributed by atoms with Crippen LogP contribution in [0.5, 0.6) is 0 Å². The topological polar surface area (TPSA) is 78.6 Å². The third-order valence-electron chi connectivity index (χ3n) is 7.34. The molecular weight excluding hydrogens is 474 g/mol. The molecule has 0 radical (unpaired) electrons. The van der Waals surface area contributed by atoms with Crippen molar-refractivity contribution in [2.75, 3.05) is 5.01 Å². The summed E-state index contributed by atoms with van der Waals surface area (Å²) < 4.78 is 53.2. The number of hydrazine groups is 1. The van der Waals surface area contributed by atoms with Crippen molar-refractivity contribution in [2.24, 2.45) is 11.7 Å². The second kappa shape index (κ2) is 8.51. The van der Waals surface area contributed by atoms with Crippen LogP contribution in [0.1, 0.15) is 47.7 Å². The van der Waals surface area contributed by atoms with Gasteiger partial charge in [0.2, 0.25) is 5.91 Å². The largest absolute Gasteiger partial charge is 0.416 e. The molecular formula is C27H25F4N3O2. The summed E-state index contributed by atoms with van der Waals surface area (Å²) in [5.74, 6) is -1.29. The van der Waals surface area contributed by atoms with E-state index in [9.17, 15) is 27.5 Å². The van der Waals surface area contributed by atoms with Crippen LogP contribution >= 0.6 is 0 Å². The highest BCUT2D eigenvalue weighted by Gasteiger charge is 2.45. The Morgan fingerprint density at radius 2 is 1.94 bits per heavy atom. The number of allylic oxidation sites excluding steroid dienone is 3. The van der Waals surface area contributed by atoms with Crippen molar-refractivity contribution in [3.63, 3.8) is 0 Å². The molecule has 1 heterocycles. The number of nitrogens with zero attached hydrogens (tertiary/aromatic N) is 1. The molecule has 0 fully saturated rings. The molecule has 0 saturated heterocycles. The number of aliphatic hydroxyl groups is 1. The summed E-state index contributed by atoms with van der Waals surface area (Å²) in [7, 11) is 0. The number of halogens is 4. The van der Waals surface area contributed by atoms with E-state index in [1.807, 2.05) is 24.2 Å². The molecule has 1 unspecified atom stereocenters. The molecule has 3 aliphatic rings. The number of anilines is 1. The van der Waals surface area contributed by atoms with Crippen molar-refractivity contribution < 1.29 is 27.5 Å². The van der Waals surface area contributed by atoms with Crippen molar-refractivity contribution in [3.05, 3.63) is 99.7 Å². The molecule has 2 aliphatic carbocycles. The van der Waals surface area contributed by atoms with E-state index in [1.54, 1.807) is 12.1 Å². The van der Waals surface area contributed by atoms with Gasteiger partial charge >= 0.3 is 6.18 Å². The summed E-state index contributed by atoms with van der Waals surface area (Å²) in [6.07, 6.45) is 0.550. The Balaban J connectivity index is 1.44. The molecule has 9 heteroatoms. The van der Waals surface area contributed by atoms with Gasteiger partial charge in [-0.25, -0.2) is 4.39 Å². The number of hydrogen-bond acceptors (Lipinski definition) is 4. The first-order valence-corrected chi connectivity index (χ1v) is 11.7. The lowest BCUT2D eigenvalue weighted by Gasteiger charge is -2.34. The highest BCUT2D eigenvalue weighted by molar-refractivity contribution is 5.94. The maximum Gasteiger partial charge on any atom is 0.416 e. The van der Waals surface area contributed by atoms with Crippen LogP contribution in [0.3, 0.4) is 0 Å². The maximum absolute atomic E-state index is 13.4. The number of carbonyl (C=O) groups is 1. The minimum atomic E-state index is -4.55. The van der Waals surface area contributed by atoms with E-state index in [4.69, 9.17) is 5.73 Å². The second-order valence-corrected chi connectivity index (χ2v) is 9.50. The van der Waals surface area contributed by atoms with Gasteiger partial charge in [-0.1, -0.05) is 6.92 Å². The van der Waals surface area contributed by atoms with E-state index in [2.05, 4.69) is 5.43 Å². The van der Waals surface area contributed by atoms with Gasteiger partial charge in [0.15, 0.2) is 0 Å². The van der Waals surface area contributed by atoms with Gasteiger partial charge in [-0.2, -0.15) is 13.2 Å². The van der Waals surface area contributed by atoms with Gasteiger partial charge in [0, 0.05) is 23.3 Å². The maximum atomic E-state index is 13.4. The molecule has 36 heavy (non-hydrogen) atoms. The van der Waals surface area contributed by atoms with Gasteiger partial charge < -0.3 is 16.3 Å². The van der Waals surface area contributed by atoms with Crippen molar-refractivity contribution in [1.82, 2.24) is 5.43 Å². The number of carbonyl (C=O) groups excluding carboxylic acids is 1. The van der Waals surface area contributed by atoms with Crippen LogP contribution in [0.4, 0.5) is 23.2 Å². The van der Waals surface area contributed by atoms with Crippen LogP contribution in [0, 0.1) is 11.7 Å². The number of nitrogens with two attached hydrogens (primary N) is 1. The van der Waals surface area contributed by atoms with E-state index < -0.39 is 23.2 Å². The smallest absolute Gasteiger partial charge is 0.385 e. The lowest BCUT2D eigenvalue weighted by molar-refractivity contribution is -0.137. The predicted octanol–water partition coefficient (Wildman–Crippen LogP) is 5.14. The van der Waals surface area contributed by atoms with Crippen molar-refractivity contribution in [2.45, 2.75) is 44.4 Å². The van der Waals surface area contributed by atoms with Crippen LogP contribution in [-0.2, 0) is 12.6 Å². The highest BCUT2D eigenvalue weighted by atomic mass is 19.4. The predicted molar refractivity (Wildman–Crippen MR) is 127 cm³/mol. The van der Waals surface area contributed by atoms with Crippen molar-refractivity contribution >= 4 is 11.6 Å². The number of amides is 1. The molecule has 0 aromatic heterocycles. The average Bonchev–Trinajstić information content (AvgIpc) is 3.40. The van der Waals surface area contributed by atoms with Crippen molar-refractivity contribution in [3.8, 4) is 0 Å². The van der Waals surface area contributed by atoms with Gasteiger partial charge in [-0.05, 0) is 90.9 Å². The van der Waals surface area contributed by atoms with Crippen LogP contribution in [0.2, 0.25) is 0 Å². The minimum absolute atomic E-state index is 0.0234. The van der Waals surface area contributed by atoms with Gasteiger partial charge in [-0.3, -0.25) is 9.80 Å². The Kier molecular flexibility index (Phi) is 5.70. The molecule has 188 valence electrons. The highest BCUT2D eigenvalue weighted by Crippen LogP contribution is 2.51. The summed E-state index contributed by atoms with van der Waals surface area (Å²) in [5, 5.41) is 13.5. The van der Waals surface area contributed by atoms with E-state index in [1.165, 1.54) is 12.1 Å². The zero-order valence-corrected chi connectivity index (χ0v) is 19.5. The Labute approximate surface area is 205 Å². The van der Waals surface area contributed by atoms with Crippen LogP contribution in [-0.4, -0.2) is 16.6 Å². The Hall–Kier alpha value is -3.59. The number of fused-ring (bicyclic) bond motifs is 1. The molecule has 0 spiro atoms. The van der Waals surface area contributed by atoms with E-state index in [-0.39, 0.29) is 35.7 Å². The molecule has 0 bridgehead atoms. The Bertz CT molecular complexity index is 1330. The number of alkyl halides is 3. The second-order valence-electron chi connectivity index (χ2n) is 9.50. The normalized spacial score (nSPS) is 23.2. The quantitative estimate of drug-likeness (QED) is 0.498. The number of nitrogens with one attached hydrogen (secondary N) is 1. The van der Waals surface area contributed by atoms with E-state index >= 15 is 0 Å². The summed E-state index contributed by atoms with van der Waals surface area (Å²) in [6.45, 7) is 1.99. The molecule has 4 N–H and O–H groups in total. The zero-order chi connectivity index (χ0) is 25.8. The average molecular weight is 500 g/mol. The Morgan fingerprint density at radius 3 is 2.61 bits per heavy atom. The molecule has 5 rings (SSSR count). The zero-order valence-electron chi connectivity index (χ0n) is 19.5. The van der Waals surface area contributed by atoms with Crippen LogP contribution in [0.15, 0.2) is 77.2 Å². The molecule has 1 amide bonds. The first-order chi connectivity index (χ1) is 17.0. The number of benzene rings is 2. The van der Waals surface area contributed by atoms with Crippen LogP contribution < -0.4 is 16.2 Å². The third kappa shape index (κ3) is 4.07. The monoisotopic (exact) mass is 499 g/mol. The fraction of sp³-hybridized carbons (Fsp3) is 0.296. The first kappa shape index (κ1) is 24.1. The third-order valence-corrected chi connectivity index (χ3v) is 7.34. The Morgan fingerprint density at radius 1 is 1.22 bits per heavy atom. The number of rotatable bonds is 5. The summed E-state index contributed by atoms with van der Waals surface area (Å²) in [5.41, 5.74) is 11.2. The van der Waals surface area contributed by atoms with Crippen LogP contribution in [0.25, 0.3) is 0 Å². The molecule has 2 atom stereocenters. The minimum Gasteiger partial charge on any atom is -0.385 e. The van der Waals surface area contributed by atoms with Gasteiger partial charge in [0.1, 0.15) is 5.82 Å². The molecule has 2 aromatic rings. The lowest BCUT2D eigenvalue weighted by atomic mass is 9.76. The molecule has 0 saturated carbocycles. The SMILES string of the molecule is C[C@H]1C2=CNN(c3ccc(F)cc3)C2=CC2=C1C(O)(CCc1cc(C(F)(F)F)ccc1C(N)=O)CC2. The number of hydrogen-bond donors (Lipinski definition) is 3. The molecule has 5 nitrogen and oxygen atoms in total. The standard InChI is InChI=1S/C27H25F4N3O2/c1-15-22-14-33-34(20-5-3-19(28)4-6-20)23(22)13-17-9-11-26(36,24(15)17)10-8-16-12-18(27(29,30)31)2-7-21(16)25(32)35/h2-7,12-15,33,36H,8-11H2,1H3,(H2,32,35)/t15-,26?/m0/s1. The number of aryl methyl sites for hydroxylation is 1. The van der Waals surface area contributed by atoms with Gasteiger partial charge in [-0.15, -0.1) is 0 Å². The van der Waals surface area contributed by atoms with E-state index in [0.29, 0.717) is 12.8 Å². The van der Waals surface area contributed by atoms with Crippen molar-refractivity contribution in [1.29, 1.82) is 0 Å². The summed E-state index contributed by atoms with van der Waals surface area (Å²) in [6, 6.07) is 9.00. The first-order valence-electron chi connectivity index (χ1n) is 11.7. The van der Waals surface area contributed by atoms with Gasteiger partial charge in [0.05, 0.1) is 22.5 Å². The fourth-order valence-electron chi connectivity index (χ4n) is 5.58. The van der Waals surface area contributed by atoms with Gasteiger partial charge in [0.25, 0.3) is 0 Å². The molecule has 2 aromatic carbocycles. The van der Waals surface area contributed by atoms with E-state index in [0.717, 1.165) is 46.3 Å². The number of primary amides is 1. The summed E-state index contributed by atoms with van der Waals surface area (Å²) in [4.78, 5) is 11.9. The summed E-state index contributed by atoms with van der Waals surface area (Å²) >= 11 is 0.